The molecule has 0 bridgehead atoms. The standard InChI is InChI=1S/C19H29N3O2/c1-2-24-15-14-21-10-12-22(13-11-21)18(16-6-4-3-5-7-16)19(23)20-17-8-9-17/h3-7,17-18H,2,8-15H2,1H3,(H,20,23)/t18-/m1/s1. The molecule has 5 heteroatoms. The van der Waals surface area contributed by atoms with Crippen LogP contribution in [0.5, 0.6) is 0 Å². The third-order valence-electron chi connectivity index (χ3n) is 4.82. The van der Waals surface area contributed by atoms with Gasteiger partial charge in [0.15, 0.2) is 0 Å². The van der Waals surface area contributed by atoms with Crippen molar-refractivity contribution in [1.82, 2.24) is 15.1 Å². The first kappa shape index (κ1) is 17.4. The van der Waals surface area contributed by atoms with Crippen molar-refractivity contribution in [2.75, 3.05) is 45.9 Å². The number of nitrogens with zero attached hydrogens (tertiary/aromatic N) is 2. The topological polar surface area (TPSA) is 44.8 Å². The predicted molar refractivity (Wildman–Crippen MR) is 94.9 cm³/mol. The maximum atomic E-state index is 12.8. The lowest BCUT2D eigenvalue weighted by Crippen LogP contribution is -2.51. The Bertz CT molecular complexity index is 511. The number of amides is 1. The van der Waals surface area contributed by atoms with Crippen molar-refractivity contribution in [3.63, 3.8) is 0 Å². The van der Waals surface area contributed by atoms with Gasteiger partial charge >= 0.3 is 0 Å². The van der Waals surface area contributed by atoms with E-state index in [0.29, 0.717) is 6.04 Å². The van der Waals surface area contributed by atoms with Gasteiger partial charge in [0.2, 0.25) is 5.91 Å². The molecule has 1 amide bonds. The van der Waals surface area contributed by atoms with Gasteiger partial charge in [-0.2, -0.15) is 0 Å². The predicted octanol–water partition coefficient (Wildman–Crippen LogP) is 1.66. The first-order chi connectivity index (χ1) is 11.8. The molecule has 2 fully saturated rings. The van der Waals surface area contributed by atoms with Crippen molar-refractivity contribution in [1.29, 1.82) is 0 Å². The largest absolute Gasteiger partial charge is 0.380 e. The molecule has 5 nitrogen and oxygen atoms in total. The number of piperazine rings is 1. The smallest absolute Gasteiger partial charge is 0.242 e. The minimum atomic E-state index is -0.166. The van der Waals surface area contributed by atoms with Gasteiger partial charge in [0, 0.05) is 45.4 Å². The second-order valence-electron chi connectivity index (χ2n) is 6.67. The number of nitrogens with one attached hydrogen (secondary N) is 1. The Balaban J connectivity index is 1.60. The van der Waals surface area contributed by atoms with Crippen molar-refractivity contribution < 1.29 is 9.53 Å². The molecule has 1 heterocycles. The minimum Gasteiger partial charge on any atom is -0.380 e. The molecule has 3 rings (SSSR count). The highest BCUT2D eigenvalue weighted by Crippen LogP contribution is 2.25. The molecule has 1 aliphatic heterocycles. The molecule has 0 unspecified atom stereocenters. The minimum absolute atomic E-state index is 0.159. The molecular formula is C19H29N3O2. The Kier molecular flexibility index (Phi) is 6.24. The van der Waals surface area contributed by atoms with E-state index in [0.717, 1.165) is 64.3 Å². The number of rotatable bonds is 8. The van der Waals surface area contributed by atoms with Gasteiger partial charge in [-0.25, -0.2) is 0 Å². The van der Waals surface area contributed by atoms with Crippen LogP contribution in [0.25, 0.3) is 0 Å². The number of ether oxygens (including phenoxy) is 1. The van der Waals surface area contributed by atoms with Crippen LogP contribution in [-0.4, -0.2) is 67.7 Å². The second kappa shape index (κ2) is 8.60. The first-order valence-corrected chi connectivity index (χ1v) is 9.17. The summed E-state index contributed by atoms with van der Waals surface area (Å²) >= 11 is 0. The van der Waals surface area contributed by atoms with Crippen LogP contribution in [0.4, 0.5) is 0 Å². The third kappa shape index (κ3) is 4.79. The van der Waals surface area contributed by atoms with Crippen LogP contribution in [0.15, 0.2) is 30.3 Å². The van der Waals surface area contributed by atoms with Crippen molar-refractivity contribution in [2.45, 2.75) is 31.8 Å². The molecule has 0 radical (unpaired) electrons. The average Bonchev–Trinajstić information content (AvgIpc) is 3.42. The average molecular weight is 331 g/mol. The van der Waals surface area contributed by atoms with Gasteiger partial charge in [-0.05, 0) is 25.3 Å². The van der Waals surface area contributed by atoms with Crippen molar-refractivity contribution in [2.24, 2.45) is 0 Å². The molecule has 24 heavy (non-hydrogen) atoms. The summed E-state index contributed by atoms with van der Waals surface area (Å²) in [7, 11) is 0. The Hall–Kier alpha value is -1.43. The van der Waals surface area contributed by atoms with E-state index in [1.807, 2.05) is 25.1 Å². The summed E-state index contributed by atoms with van der Waals surface area (Å²) in [6.07, 6.45) is 2.25. The van der Waals surface area contributed by atoms with Crippen molar-refractivity contribution in [3.8, 4) is 0 Å². The zero-order chi connectivity index (χ0) is 16.8. The lowest BCUT2D eigenvalue weighted by Gasteiger charge is -2.38. The Morgan fingerprint density at radius 2 is 1.92 bits per heavy atom. The summed E-state index contributed by atoms with van der Waals surface area (Å²) in [4.78, 5) is 17.5. The SMILES string of the molecule is CCOCCN1CCN([C@@H](C(=O)NC2CC2)c2ccccc2)CC1. The molecular weight excluding hydrogens is 302 g/mol. The molecule has 0 spiro atoms. The number of hydrogen-bond donors (Lipinski definition) is 1. The zero-order valence-corrected chi connectivity index (χ0v) is 14.6. The Labute approximate surface area is 145 Å². The molecule has 2 aliphatic rings. The second-order valence-corrected chi connectivity index (χ2v) is 6.67. The van der Waals surface area contributed by atoms with Crippen LogP contribution >= 0.6 is 0 Å². The summed E-state index contributed by atoms with van der Waals surface area (Å²) in [5, 5.41) is 3.19. The van der Waals surface area contributed by atoms with Gasteiger partial charge in [-0.3, -0.25) is 14.6 Å². The summed E-state index contributed by atoms with van der Waals surface area (Å²) in [5.74, 6) is 0.159. The quantitative estimate of drug-likeness (QED) is 0.736. The molecule has 132 valence electrons. The van der Waals surface area contributed by atoms with E-state index in [-0.39, 0.29) is 11.9 Å². The number of benzene rings is 1. The molecule has 1 aromatic carbocycles. The van der Waals surface area contributed by atoms with Gasteiger partial charge in [0.25, 0.3) is 0 Å². The van der Waals surface area contributed by atoms with Gasteiger partial charge < -0.3 is 10.1 Å². The van der Waals surface area contributed by atoms with Gasteiger partial charge in [-0.15, -0.1) is 0 Å². The van der Waals surface area contributed by atoms with E-state index < -0.39 is 0 Å². The van der Waals surface area contributed by atoms with Crippen molar-refractivity contribution in [3.05, 3.63) is 35.9 Å². The van der Waals surface area contributed by atoms with Crippen LogP contribution in [0, 0.1) is 0 Å². The number of carbonyl (C=O) groups is 1. The maximum Gasteiger partial charge on any atom is 0.242 e. The molecule has 1 saturated carbocycles. The van der Waals surface area contributed by atoms with Gasteiger partial charge in [0.1, 0.15) is 6.04 Å². The molecule has 1 N–H and O–H groups in total. The van der Waals surface area contributed by atoms with E-state index in [2.05, 4.69) is 27.2 Å². The van der Waals surface area contributed by atoms with Crippen LogP contribution in [-0.2, 0) is 9.53 Å². The summed E-state index contributed by atoms with van der Waals surface area (Å²) in [6.45, 7) is 8.40. The van der Waals surface area contributed by atoms with Crippen LogP contribution in [0.2, 0.25) is 0 Å². The highest BCUT2D eigenvalue weighted by atomic mass is 16.5. The normalized spacial score (nSPS) is 20.7. The van der Waals surface area contributed by atoms with Crippen molar-refractivity contribution >= 4 is 5.91 Å². The summed E-state index contributed by atoms with van der Waals surface area (Å²) < 4.78 is 5.45. The fraction of sp³-hybridized carbons (Fsp3) is 0.632. The lowest BCUT2D eigenvalue weighted by molar-refractivity contribution is -0.127. The Morgan fingerprint density at radius 3 is 2.54 bits per heavy atom. The van der Waals surface area contributed by atoms with Gasteiger partial charge in [-0.1, -0.05) is 30.3 Å². The maximum absolute atomic E-state index is 12.8. The van der Waals surface area contributed by atoms with E-state index >= 15 is 0 Å². The molecule has 1 aliphatic carbocycles. The zero-order valence-electron chi connectivity index (χ0n) is 14.6. The molecule has 1 atom stereocenters. The lowest BCUT2D eigenvalue weighted by atomic mass is 10.0. The molecule has 0 aromatic heterocycles. The van der Waals surface area contributed by atoms with Crippen LogP contribution in [0.3, 0.4) is 0 Å². The third-order valence-corrected chi connectivity index (χ3v) is 4.82. The van der Waals surface area contributed by atoms with E-state index in [1.165, 1.54) is 0 Å². The first-order valence-electron chi connectivity index (χ1n) is 9.17. The molecule has 1 aromatic rings. The van der Waals surface area contributed by atoms with Gasteiger partial charge in [0.05, 0.1) is 6.61 Å². The fourth-order valence-electron chi connectivity index (χ4n) is 3.25. The van der Waals surface area contributed by atoms with E-state index in [9.17, 15) is 4.79 Å². The van der Waals surface area contributed by atoms with Crippen LogP contribution in [0.1, 0.15) is 31.4 Å². The highest BCUT2D eigenvalue weighted by Gasteiger charge is 2.33. The highest BCUT2D eigenvalue weighted by molar-refractivity contribution is 5.83. The van der Waals surface area contributed by atoms with Crippen LogP contribution < -0.4 is 5.32 Å². The fourth-order valence-corrected chi connectivity index (χ4v) is 3.25. The summed E-state index contributed by atoms with van der Waals surface area (Å²) in [6, 6.07) is 10.4. The van der Waals surface area contributed by atoms with E-state index in [1.54, 1.807) is 0 Å². The number of carbonyl (C=O) groups excluding carboxylic acids is 1. The monoisotopic (exact) mass is 331 g/mol. The number of hydrogen-bond acceptors (Lipinski definition) is 4. The Morgan fingerprint density at radius 1 is 1.21 bits per heavy atom. The summed E-state index contributed by atoms with van der Waals surface area (Å²) in [5.41, 5.74) is 1.10. The molecule has 1 saturated heterocycles. The van der Waals surface area contributed by atoms with E-state index in [4.69, 9.17) is 4.74 Å².